The molecule has 3 aromatic rings. The standard InChI is InChI=1S/C27H33N5O5S/c1-19-5-8-22(17-24(19)38(34,35)32-13-3-4-14-32)28-27(33)21-11-15-31(16-12-21)18-25-29-26(30-37-25)20-6-9-23(36-2)10-7-20/h5-10,17,21H,3-4,11-16,18H2,1-2H3,(H,28,33). The van der Waals surface area contributed by atoms with Crippen molar-refractivity contribution in [2.75, 3.05) is 38.6 Å². The quantitative estimate of drug-likeness (QED) is 0.461. The Morgan fingerprint density at radius 2 is 1.79 bits per heavy atom. The Bertz CT molecular complexity index is 1380. The van der Waals surface area contributed by atoms with Crippen LogP contribution in [0.3, 0.4) is 0 Å². The number of nitrogens with zero attached hydrogens (tertiary/aromatic N) is 4. The minimum Gasteiger partial charge on any atom is -0.497 e. The fraction of sp³-hybridized carbons (Fsp3) is 0.444. The molecule has 2 saturated heterocycles. The summed E-state index contributed by atoms with van der Waals surface area (Å²) in [7, 11) is -1.94. The molecule has 1 aromatic heterocycles. The number of amides is 1. The minimum atomic E-state index is -3.56. The molecule has 0 radical (unpaired) electrons. The molecule has 0 saturated carbocycles. The lowest BCUT2D eigenvalue weighted by Gasteiger charge is -2.30. The van der Waals surface area contributed by atoms with Crippen LogP contribution in [0, 0.1) is 12.8 Å². The first kappa shape index (κ1) is 26.3. The van der Waals surface area contributed by atoms with Gasteiger partial charge in [-0.05, 0) is 87.7 Å². The van der Waals surface area contributed by atoms with Crippen LogP contribution in [0.1, 0.15) is 37.1 Å². The summed E-state index contributed by atoms with van der Waals surface area (Å²) in [6, 6.07) is 12.6. The number of aryl methyl sites for hydroxylation is 1. The van der Waals surface area contributed by atoms with Gasteiger partial charge in [-0.2, -0.15) is 9.29 Å². The average Bonchev–Trinajstić information content (AvgIpc) is 3.64. The Kier molecular flexibility index (Phi) is 7.78. The van der Waals surface area contributed by atoms with E-state index < -0.39 is 10.0 Å². The van der Waals surface area contributed by atoms with Gasteiger partial charge in [0.2, 0.25) is 27.6 Å². The number of sulfonamides is 1. The molecule has 1 N–H and O–H groups in total. The SMILES string of the molecule is COc1ccc(-c2noc(CN3CCC(C(=O)Nc4ccc(C)c(S(=O)(=O)N5CCCC5)c4)CC3)n2)cc1. The van der Waals surface area contributed by atoms with E-state index in [-0.39, 0.29) is 16.7 Å². The molecule has 0 bridgehead atoms. The highest BCUT2D eigenvalue weighted by Crippen LogP contribution is 2.28. The Morgan fingerprint density at radius 1 is 1.08 bits per heavy atom. The van der Waals surface area contributed by atoms with E-state index in [1.165, 1.54) is 4.31 Å². The number of piperidine rings is 1. The average molecular weight is 540 g/mol. The Balaban J connectivity index is 1.15. The molecule has 5 rings (SSSR count). The van der Waals surface area contributed by atoms with Gasteiger partial charge in [0.25, 0.3) is 0 Å². The lowest BCUT2D eigenvalue weighted by Crippen LogP contribution is -2.37. The Morgan fingerprint density at radius 3 is 2.47 bits per heavy atom. The second-order valence-electron chi connectivity index (χ2n) is 9.87. The zero-order valence-corrected chi connectivity index (χ0v) is 22.5. The normalized spacial score (nSPS) is 17.5. The fourth-order valence-corrected chi connectivity index (χ4v) is 6.76. The van der Waals surface area contributed by atoms with Gasteiger partial charge in [0.15, 0.2) is 0 Å². The van der Waals surface area contributed by atoms with Crippen LogP contribution in [0.25, 0.3) is 11.4 Å². The summed E-state index contributed by atoms with van der Waals surface area (Å²) in [5.74, 6) is 1.59. The van der Waals surface area contributed by atoms with Crippen molar-refractivity contribution < 1.29 is 22.5 Å². The van der Waals surface area contributed by atoms with Crippen LogP contribution in [0.2, 0.25) is 0 Å². The lowest BCUT2D eigenvalue weighted by atomic mass is 9.96. The van der Waals surface area contributed by atoms with E-state index >= 15 is 0 Å². The monoisotopic (exact) mass is 539 g/mol. The third-order valence-electron chi connectivity index (χ3n) is 7.27. The van der Waals surface area contributed by atoms with Gasteiger partial charge in [-0.3, -0.25) is 9.69 Å². The molecule has 0 unspecified atom stereocenters. The first-order valence-electron chi connectivity index (χ1n) is 12.9. The van der Waals surface area contributed by atoms with E-state index in [9.17, 15) is 13.2 Å². The molecule has 11 heteroatoms. The van der Waals surface area contributed by atoms with Gasteiger partial charge in [0, 0.05) is 30.3 Å². The number of benzene rings is 2. The van der Waals surface area contributed by atoms with E-state index in [0.29, 0.717) is 55.4 Å². The number of nitrogens with one attached hydrogen (secondary N) is 1. The van der Waals surface area contributed by atoms with Gasteiger partial charge >= 0.3 is 0 Å². The van der Waals surface area contributed by atoms with Crippen molar-refractivity contribution in [1.29, 1.82) is 0 Å². The topological polar surface area (TPSA) is 118 Å². The number of carbonyl (C=O) groups excluding carboxylic acids is 1. The summed E-state index contributed by atoms with van der Waals surface area (Å²) in [6.45, 7) is 4.84. The molecule has 2 aliphatic rings. The zero-order valence-electron chi connectivity index (χ0n) is 21.7. The largest absolute Gasteiger partial charge is 0.497 e. The van der Waals surface area contributed by atoms with Crippen molar-refractivity contribution in [3.8, 4) is 17.1 Å². The van der Waals surface area contributed by atoms with Gasteiger partial charge in [0.1, 0.15) is 5.75 Å². The van der Waals surface area contributed by atoms with Gasteiger partial charge in [-0.1, -0.05) is 11.2 Å². The van der Waals surface area contributed by atoms with Crippen LogP contribution in [-0.2, 0) is 21.4 Å². The third-order valence-corrected chi connectivity index (χ3v) is 9.31. The van der Waals surface area contributed by atoms with Crippen LogP contribution < -0.4 is 10.1 Å². The van der Waals surface area contributed by atoms with Crippen LogP contribution in [-0.4, -0.2) is 67.0 Å². The van der Waals surface area contributed by atoms with Crippen LogP contribution >= 0.6 is 0 Å². The number of hydrogen-bond donors (Lipinski definition) is 1. The van der Waals surface area contributed by atoms with Crippen LogP contribution in [0.15, 0.2) is 51.9 Å². The number of aromatic nitrogens is 2. The number of ether oxygens (including phenoxy) is 1. The predicted molar refractivity (Wildman–Crippen MR) is 142 cm³/mol. The van der Waals surface area contributed by atoms with Gasteiger partial charge < -0.3 is 14.6 Å². The summed E-state index contributed by atoms with van der Waals surface area (Å²) in [5, 5.41) is 7.04. The van der Waals surface area contributed by atoms with Gasteiger partial charge in [0.05, 0.1) is 18.6 Å². The minimum absolute atomic E-state index is 0.0856. The molecule has 2 aromatic carbocycles. The predicted octanol–water partition coefficient (Wildman–Crippen LogP) is 3.69. The molecule has 10 nitrogen and oxygen atoms in total. The summed E-state index contributed by atoms with van der Waals surface area (Å²) >= 11 is 0. The van der Waals surface area contributed by atoms with E-state index in [2.05, 4.69) is 20.4 Å². The first-order valence-corrected chi connectivity index (χ1v) is 14.4. The molecule has 202 valence electrons. The van der Waals surface area contributed by atoms with Crippen LogP contribution in [0.5, 0.6) is 5.75 Å². The maximum absolute atomic E-state index is 13.1. The molecule has 1 amide bonds. The molecule has 0 aliphatic carbocycles. The third kappa shape index (κ3) is 5.74. The number of carbonyl (C=O) groups is 1. The number of methoxy groups -OCH3 is 1. The van der Waals surface area contributed by atoms with Crippen molar-refractivity contribution in [2.24, 2.45) is 5.92 Å². The molecule has 38 heavy (non-hydrogen) atoms. The smallest absolute Gasteiger partial charge is 0.243 e. The zero-order chi connectivity index (χ0) is 26.7. The fourth-order valence-electron chi connectivity index (χ4n) is 4.99. The maximum atomic E-state index is 13.1. The van der Waals surface area contributed by atoms with Crippen molar-refractivity contribution in [1.82, 2.24) is 19.3 Å². The Labute approximate surface area is 223 Å². The first-order chi connectivity index (χ1) is 18.3. The second-order valence-corrected chi connectivity index (χ2v) is 11.8. The van der Waals surface area contributed by atoms with Crippen LogP contribution in [0.4, 0.5) is 5.69 Å². The molecule has 0 atom stereocenters. The highest BCUT2D eigenvalue weighted by atomic mass is 32.2. The van der Waals surface area contributed by atoms with Crippen molar-refractivity contribution >= 4 is 21.6 Å². The van der Waals surface area contributed by atoms with E-state index in [4.69, 9.17) is 9.26 Å². The summed E-state index contributed by atoms with van der Waals surface area (Å²) in [6.07, 6.45) is 3.14. The molecule has 3 heterocycles. The second kappa shape index (κ2) is 11.2. The molecular weight excluding hydrogens is 506 g/mol. The molecule has 2 aliphatic heterocycles. The maximum Gasteiger partial charge on any atom is 0.243 e. The summed E-state index contributed by atoms with van der Waals surface area (Å²) < 4.78 is 38.3. The number of hydrogen-bond acceptors (Lipinski definition) is 8. The lowest BCUT2D eigenvalue weighted by molar-refractivity contribution is -0.121. The number of rotatable bonds is 8. The van der Waals surface area contributed by atoms with Crippen molar-refractivity contribution in [2.45, 2.75) is 44.0 Å². The number of likely N-dealkylation sites (tertiary alicyclic amines) is 1. The van der Waals surface area contributed by atoms with E-state index in [1.54, 1.807) is 32.2 Å². The van der Waals surface area contributed by atoms with E-state index in [0.717, 1.165) is 37.2 Å². The molecule has 2 fully saturated rings. The summed E-state index contributed by atoms with van der Waals surface area (Å²) in [5.41, 5.74) is 2.04. The van der Waals surface area contributed by atoms with Gasteiger partial charge in [-0.25, -0.2) is 8.42 Å². The van der Waals surface area contributed by atoms with E-state index in [1.807, 2.05) is 24.3 Å². The highest BCUT2D eigenvalue weighted by Gasteiger charge is 2.30. The highest BCUT2D eigenvalue weighted by molar-refractivity contribution is 7.89. The molecular formula is C27H33N5O5S. The summed E-state index contributed by atoms with van der Waals surface area (Å²) in [4.78, 5) is 20.0. The molecule has 0 spiro atoms. The van der Waals surface area contributed by atoms with Gasteiger partial charge in [-0.15, -0.1) is 0 Å². The Hall–Kier alpha value is -3.28. The number of anilines is 1. The van der Waals surface area contributed by atoms with Crippen molar-refractivity contribution in [3.63, 3.8) is 0 Å². The van der Waals surface area contributed by atoms with Crippen molar-refractivity contribution in [3.05, 3.63) is 53.9 Å².